The first-order valence-electron chi connectivity index (χ1n) is 5.13. The number of aromatic nitrogens is 1. The molecule has 1 aromatic heterocycles. The molecule has 0 aliphatic rings. The van der Waals surface area contributed by atoms with Gasteiger partial charge in [0, 0.05) is 23.7 Å². The summed E-state index contributed by atoms with van der Waals surface area (Å²) in [6.07, 6.45) is -2.38. The van der Waals surface area contributed by atoms with Crippen molar-refractivity contribution >= 4 is 17.2 Å². The van der Waals surface area contributed by atoms with Gasteiger partial charge >= 0.3 is 6.18 Å². The molecule has 2 aromatic rings. The van der Waals surface area contributed by atoms with Crippen molar-refractivity contribution in [3.8, 4) is 0 Å². The molecule has 0 amide bonds. The second kappa shape index (κ2) is 3.91. The molecule has 0 saturated heterocycles. The molecule has 0 atom stereocenters. The minimum absolute atomic E-state index is 0.0737. The van der Waals surface area contributed by atoms with Gasteiger partial charge in [-0.05, 0) is 13.0 Å². The van der Waals surface area contributed by atoms with Gasteiger partial charge in [0.25, 0.3) is 0 Å². The van der Waals surface area contributed by atoms with Crippen LogP contribution in [0.1, 0.15) is 22.8 Å². The summed E-state index contributed by atoms with van der Waals surface area (Å²) in [5, 5.41) is 0.344. The molecular weight excluding hydrogens is 231 g/mol. The molecule has 5 heteroatoms. The summed E-state index contributed by atoms with van der Waals surface area (Å²) in [6, 6.07) is 3.88. The Morgan fingerprint density at radius 1 is 1.35 bits per heavy atom. The number of alkyl halides is 3. The number of aldehydes is 1. The molecule has 0 saturated carbocycles. The number of carbonyl (C=O) groups is 1. The first-order chi connectivity index (χ1) is 7.99. The van der Waals surface area contributed by atoms with Crippen molar-refractivity contribution in [1.82, 2.24) is 4.57 Å². The average Bonchev–Trinajstić information content (AvgIpc) is 2.65. The van der Waals surface area contributed by atoms with Gasteiger partial charge in [-0.1, -0.05) is 12.1 Å². The third kappa shape index (κ3) is 1.81. The van der Waals surface area contributed by atoms with E-state index in [4.69, 9.17) is 0 Å². The van der Waals surface area contributed by atoms with E-state index in [1.165, 1.54) is 22.9 Å². The van der Waals surface area contributed by atoms with Crippen LogP contribution in [0.25, 0.3) is 10.9 Å². The average molecular weight is 241 g/mol. The molecule has 0 fully saturated rings. The molecule has 0 N–H and O–H groups in total. The van der Waals surface area contributed by atoms with Crippen molar-refractivity contribution in [3.05, 3.63) is 35.5 Å². The molecule has 1 aromatic carbocycles. The van der Waals surface area contributed by atoms with Crippen molar-refractivity contribution in [3.63, 3.8) is 0 Å². The number of aryl methyl sites for hydroxylation is 1. The van der Waals surface area contributed by atoms with E-state index >= 15 is 0 Å². The van der Waals surface area contributed by atoms with Gasteiger partial charge in [0.05, 0.1) is 11.1 Å². The molecule has 0 spiro atoms. The summed E-state index contributed by atoms with van der Waals surface area (Å²) < 4.78 is 40.0. The highest BCUT2D eigenvalue weighted by Crippen LogP contribution is 2.36. The van der Waals surface area contributed by atoms with Crippen LogP contribution in [0.2, 0.25) is 0 Å². The molecule has 0 unspecified atom stereocenters. The van der Waals surface area contributed by atoms with Gasteiger partial charge in [-0.2, -0.15) is 13.2 Å². The van der Waals surface area contributed by atoms with Crippen LogP contribution in [0.4, 0.5) is 13.2 Å². The Morgan fingerprint density at radius 2 is 2.06 bits per heavy atom. The highest BCUT2D eigenvalue weighted by molar-refractivity contribution is 5.99. The van der Waals surface area contributed by atoms with Crippen LogP contribution in [0, 0.1) is 0 Å². The second-order valence-corrected chi connectivity index (χ2v) is 3.69. The Kier molecular flexibility index (Phi) is 2.69. The van der Waals surface area contributed by atoms with Gasteiger partial charge in [0.2, 0.25) is 0 Å². The Hall–Kier alpha value is -1.78. The normalized spacial score (nSPS) is 12.0. The zero-order valence-electron chi connectivity index (χ0n) is 9.08. The molecule has 90 valence electrons. The summed E-state index contributed by atoms with van der Waals surface area (Å²) in [4.78, 5) is 10.8. The molecule has 0 radical (unpaired) electrons. The van der Waals surface area contributed by atoms with E-state index in [1.54, 1.807) is 6.92 Å². The summed E-state index contributed by atoms with van der Waals surface area (Å²) in [5.74, 6) is 0. The first-order valence-corrected chi connectivity index (χ1v) is 5.13. The standard InChI is InChI=1S/C12H10F3NO/c1-2-16-6-8(7-17)9-4-3-5-10(11(9)16)12(13,14)15/h3-7H,2H2,1H3. The lowest BCUT2D eigenvalue weighted by Crippen LogP contribution is -2.08. The predicted molar refractivity (Wildman–Crippen MR) is 58.0 cm³/mol. The van der Waals surface area contributed by atoms with Crippen LogP contribution in [-0.4, -0.2) is 10.9 Å². The van der Waals surface area contributed by atoms with E-state index in [2.05, 4.69) is 0 Å². The molecule has 17 heavy (non-hydrogen) atoms. The number of rotatable bonds is 2. The van der Waals surface area contributed by atoms with Gasteiger partial charge in [-0.25, -0.2) is 0 Å². The van der Waals surface area contributed by atoms with Crippen LogP contribution < -0.4 is 0 Å². The van der Waals surface area contributed by atoms with Crippen LogP contribution in [-0.2, 0) is 12.7 Å². The Labute approximate surface area is 95.7 Å². The molecule has 0 bridgehead atoms. The number of benzene rings is 1. The summed E-state index contributed by atoms with van der Waals surface area (Å²) >= 11 is 0. The smallest absolute Gasteiger partial charge is 0.347 e. The topological polar surface area (TPSA) is 22.0 Å². The maximum absolute atomic E-state index is 12.8. The lowest BCUT2D eigenvalue weighted by Gasteiger charge is -2.10. The van der Waals surface area contributed by atoms with Crippen LogP contribution in [0.5, 0.6) is 0 Å². The van der Waals surface area contributed by atoms with Gasteiger partial charge < -0.3 is 4.57 Å². The van der Waals surface area contributed by atoms with Gasteiger partial charge in [0.15, 0.2) is 6.29 Å². The van der Waals surface area contributed by atoms with Crippen LogP contribution in [0.3, 0.4) is 0 Å². The maximum atomic E-state index is 12.8. The fourth-order valence-corrected chi connectivity index (χ4v) is 1.96. The third-order valence-corrected chi connectivity index (χ3v) is 2.70. The predicted octanol–water partition coefficient (Wildman–Crippen LogP) is 3.49. The number of para-hydroxylation sites is 1. The fraction of sp³-hybridized carbons (Fsp3) is 0.250. The van der Waals surface area contributed by atoms with Crippen molar-refractivity contribution in [2.24, 2.45) is 0 Å². The summed E-state index contributed by atoms with van der Waals surface area (Å²) in [5.41, 5.74) is -0.345. The molecule has 0 aliphatic carbocycles. The number of carbonyl (C=O) groups excluding carboxylic acids is 1. The van der Waals surface area contributed by atoms with Gasteiger partial charge in [-0.15, -0.1) is 0 Å². The lowest BCUT2D eigenvalue weighted by molar-refractivity contribution is -0.136. The first kappa shape index (κ1) is 11.7. The highest BCUT2D eigenvalue weighted by Gasteiger charge is 2.34. The summed E-state index contributed by atoms with van der Waals surface area (Å²) in [6.45, 7) is 2.12. The minimum atomic E-state index is -4.41. The number of hydrogen-bond donors (Lipinski definition) is 0. The van der Waals surface area contributed by atoms with Crippen LogP contribution >= 0.6 is 0 Å². The molecule has 1 heterocycles. The molecular formula is C12H10F3NO. The lowest BCUT2D eigenvalue weighted by atomic mass is 10.1. The van der Waals surface area contributed by atoms with E-state index in [0.29, 0.717) is 18.2 Å². The highest BCUT2D eigenvalue weighted by atomic mass is 19.4. The van der Waals surface area contributed by atoms with Crippen LogP contribution in [0.15, 0.2) is 24.4 Å². The Bertz CT molecular complexity index is 569. The van der Waals surface area contributed by atoms with Crippen molar-refractivity contribution < 1.29 is 18.0 Å². The van der Waals surface area contributed by atoms with E-state index in [9.17, 15) is 18.0 Å². The third-order valence-electron chi connectivity index (χ3n) is 2.70. The zero-order chi connectivity index (χ0) is 12.6. The quantitative estimate of drug-likeness (QED) is 0.737. The largest absolute Gasteiger partial charge is 0.418 e. The Morgan fingerprint density at radius 3 is 2.59 bits per heavy atom. The van der Waals surface area contributed by atoms with E-state index in [1.807, 2.05) is 0 Å². The number of halogens is 3. The zero-order valence-corrected chi connectivity index (χ0v) is 9.08. The number of fused-ring (bicyclic) bond motifs is 1. The monoisotopic (exact) mass is 241 g/mol. The van der Waals surface area contributed by atoms with Gasteiger partial charge in [0.1, 0.15) is 0 Å². The molecule has 2 rings (SSSR count). The second-order valence-electron chi connectivity index (χ2n) is 3.69. The van der Waals surface area contributed by atoms with E-state index < -0.39 is 11.7 Å². The fourth-order valence-electron chi connectivity index (χ4n) is 1.96. The SMILES string of the molecule is CCn1cc(C=O)c2cccc(C(F)(F)F)c21. The van der Waals surface area contributed by atoms with Crippen molar-refractivity contribution in [2.75, 3.05) is 0 Å². The number of nitrogens with zero attached hydrogens (tertiary/aromatic N) is 1. The van der Waals surface area contributed by atoms with Crippen molar-refractivity contribution in [1.29, 1.82) is 0 Å². The minimum Gasteiger partial charge on any atom is -0.347 e. The summed E-state index contributed by atoms with van der Waals surface area (Å²) in [7, 11) is 0. The van der Waals surface area contributed by atoms with Gasteiger partial charge in [-0.3, -0.25) is 4.79 Å². The van der Waals surface area contributed by atoms with E-state index in [0.717, 1.165) is 6.07 Å². The molecule has 2 nitrogen and oxygen atoms in total. The van der Waals surface area contributed by atoms with Crippen molar-refractivity contribution in [2.45, 2.75) is 19.6 Å². The molecule has 0 aliphatic heterocycles. The Balaban J connectivity index is 2.87. The maximum Gasteiger partial charge on any atom is 0.418 e. The van der Waals surface area contributed by atoms with E-state index in [-0.39, 0.29) is 11.1 Å². The number of hydrogen-bond acceptors (Lipinski definition) is 1.